The number of fused-ring (bicyclic) bond motifs is 2. The average molecular weight is 502 g/mol. The van der Waals surface area contributed by atoms with Crippen molar-refractivity contribution in [3.05, 3.63) is 93.7 Å². The van der Waals surface area contributed by atoms with Gasteiger partial charge in [0.25, 0.3) is 5.91 Å². The van der Waals surface area contributed by atoms with Crippen LogP contribution < -0.4 is 10.2 Å². The fraction of sp³-hybridized carbons (Fsp3) is 0.167. The van der Waals surface area contributed by atoms with Gasteiger partial charge in [-0.15, -0.1) is 11.8 Å². The highest BCUT2D eigenvalue weighted by molar-refractivity contribution is 8.01. The summed E-state index contributed by atoms with van der Waals surface area (Å²) in [5.41, 5.74) is 2.30. The molecular formula is C24H18Cl2FN3O2S. The zero-order chi connectivity index (χ0) is 23.2. The first-order chi connectivity index (χ1) is 15.9. The van der Waals surface area contributed by atoms with E-state index in [1.54, 1.807) is 41.3 Å². The number of hydrogen-bond acceptors (Lipinski definition) is 3. The van der Waals surface area contributed by atoms with Gasteiger partial charge in [-0.2, -0.15) is 0 Å². The van der Waals surface area contributed by atoms with Crippen LogP contribution in [0.1, 0.15) is 11.1 Å². The van der Waals surface area contributed by atoms with E-state index in [1.165, 1.54) is 28.8 Å². The lowest BCUT2D eigenvalue weighted by Crippen LogP contribution is -2.51. The van der Waals surface area contributed by atoms with Gasteiger partial charge in [0.15, 0.2) is 4.87 Å². The molecule has 0 unspecified atom stereocenters. The second-order valence-corrected chi connectivity index (χ2v) is 9.86. The molecule has 1 spiro atoms. The third-order valence-electron chi connectivity index (χ3n) is 5.76. The first kappa shape index (κ1) is 22.1. The molecule has 9 heteroatoms. The molecule has 1 saturated heterocycles. The molecular weight excluding hydrogens is 484 g/mol. The van der Waals surface area contributed by atoms with Crippen molar-refractivity contribution >= 4 is 58.3 Å². The van der Waals surface area contributed by atoms with E-state index < -0.39 is 16.7 Å². The molecule has 5 rings (SSSR count). The predicted octanol–water partition coefficient (Wildman–Crippen LogP) is 6.11. The molecule has 5 nitrogen and oxygen atoms in total. The summed E-state index contributed by atoms with van der Waals surface area (Å²) in [7, 11) is 0. The van der Waals surface area contributed by atoms with E-state index in [2.05, 4.69) is 5.32 Å². The summed E-state index contributed by atoms with van der Waals surface area (Å²) in [6, 6.07) is 17.8. The molecule has 1 fully saturated rings. The van der Waals surface area contributed by atoms with E-state index >= 15 is 0 Å². The molecule has 3 amide bonds. The van der Waals surface area contributed by atoms with Crippen LogP contribution in [0.15, 0.2) is 66.7 Å². The van der Waals surface area contributed by atoms with Gasteiger partial charge in [-0.05, 0) is 48.0 Å². The molecule has 0 saturated carbocycles. The lowest BCUT2D eigenvalue weighted by molar-refractivity contribution is -0.123. The standard InChI is InChI=1S/C24H18Cl2FN3O2S/c25-16-5-3-6-18(12-16)28-23(32)30-10-11-33-24(30)19-13-17(27)8-9-21(19)29(22(24)31)14-15-4-1-2-7-20(15)26/h1-9,12-13H,10-11,14H2,(H,28,32)/t24-/m1/s1. The van der Waals surface area contributed by atoms with Crippen molar-refractivity contribution in [1.29, 1.82) is 0 Å². The fourth-order valence-electron chi connectivity index (χ4n) is 4.30. The van der Waals surface area contributed by atoms with Gasteiger partial charge < -0.3 is 10.2 Å². The number of hydrogen-bond donors (Lipinski definition) is 1. The topological polar surface area (TPSA) is 52.7 Å². The maximum atomic E-state index is 14.4. The van der Waals surface area contributed by atoms with Crippen molar-refractivity contribution in [2.24, 2.45) is 0 Å². The van der Waals surface area contributed by atoms with Gasteiger partial charge in [0.2, 0.25) is 0 Å². The zero-order valence-electron chi connectivity index (χ0n) is 17.2. The van der Waals surface area contributed by atoms with Gasteiger partial charge in [-0.25, -0.2) is 9.18 Å². The second-order valence-electron chi connectivity index (χ2n) is 7.73. The minimum atomic E-state index is -1.36. The van der Waals surface area contributed by atoms with Gasteiger partial charge >= 0.3 is 6.03 Å². The second kappa shape index (κ2) is 8.56. The maximum absolute atomic E-state index is 14.4. The Morgan fingerprint density at radius 1 is 1.09 bits per heavy atom. The Kier molecular flexibility index (Phi) is 5.72. The van der Waals surface area contributed by atoms with Crippen molar-refractivity contribution in [3.8, 4) is 0 Å². The van der Waals surface area contributed by atoms with Crippen LogP contribution in [0.25, 0.3) is 0 Å². The minimum Gasteiger partial charge on any atom is -0.308 e. The number of thioether (sulfide) groups is 1. The molecule has 33 heavy (non-hydrogen) atoms. The van der Waals surface area contributed by atoms with E-state index in [9.17, 15) is 14.0 Å². The number of halogens is 3. The lowest BCUT2D eigenvalue weighted by Gasteiger charge is -2.33. The Bertz CT molecular complexity index is 1270. The normalized spacial score (nSPS) is 19.3. The fourth-order valence-corrected chi connectivity index (χ4v) is 6.14. The Morgan fingerprint density at radius 3 is 2.70 bits per heavy atom. The smallest absolute Gasteiger partial charge is 0.308 e. The van der Waals surface area contributed by atoms with Crippen LogP contribution in [0.4, 0.5) is 20.6 Å². The van der Waals surface area contributed by atoms with Crippen LogP contribution >= 0.6 is 35.0 Å². The highest BCUT2D eigenvalue weighted by atomic mass is 35.5. The molecule has 3 aromatic rings. The third kappa shape index (κ3) is 3.74. The van der Waals surface area contributed by atoms with Crippen molar-refractivity contribution < 1.29 is 14.0 Å². The Hall–Kier alpha value is -2.74. The van der Waals surface area contributed by atoms with Crippen LogP contribution in [0.2, 0.25) is 10.0 Å². The molecule has 0 aliphatic carbocycles. The van der Waals surface area contributed by atoms with Crippen molar-refractivity contribution in [2.75, 3.05) is 22.5 Å². The maximum Gasteiger partial charge on any atom is 0.323 e. The van der Waals surface area contributed by atoms with Crippen LogP contribution in [0.5, 0.6) is 0 Å². The van der Waals surface area contributed by atoms with Gasteiger partial charge in [0.1, 0.15) is 5.82 Å². The number of nitrogens with zero attached hydrogens (tertiary/aromatic N) is 2. The predicted molar refractivity (Wildman–Crippen MR) is 130 cm³/mol. The molecule has 168 valence electrons. The molecule has 2 heterocycles. The molecule has 0 aromatic heterocycles. The van der Waals surface area contributed by atoms with Gasteiger partial charge in [-0.3, -0.25) is 9.69 Å². The first-order valence-electron chi connectivity index (χ1n) is 10.2. The summed E-state index contributed by atoms with van der Waals surface area (Å²) < 4.78 is 14.4. The summed E-state index contributed by atoms with van der Waals surface area (Å²) in [6.07, 6.45) is 0. The minimum absolute atomic E-state index is 0.212. The molecule has 0 radical (unpaired) electrons. The number of benzene rings is 3. The van der Waals surface area contributed by atoms with Crippen LogP contribution in [-0.2, 0) is 16.2 Å². The van der Waals surface area contributed by atoms with E-state index in [-0.39, 0.29) is 12.5 Å². The van der Waals surface area contributed by atoms with E-state index in [4.69, 9.17) is 23.2 Å². The number of carbonyl (C=O) groups is 2. The van der Waals surface area contributed by atoms with Crippen LogP contribution in [0.3, 0.4) is 0 Å². The van der Waals surface area contributed by atoms with Crippen molar-refractivity contribution in [2.45, 2.75) is 11.4 Å². The highest BCUT2D eigenvalue weighted by Gasteiger charge is 2.59. The largest absolute Gasteiger partial charge is 0.323 e. The Labute approximate surface area is 204 Å². The number of rotatable bonds is 3. The number of nitrogens with one attached hydrogen (secondary N) is 1. The first-order valence-corrected chi connectivity index (χ1v) is 12.0. The summed E-state index contributed by atoms with van der Waals surface area (Å²) in [6.45, 7) is 0.544. The number of carbonyl (C=O) groups excluding carboxylic acids is 2. The molecule has 3 aromatic carbocycles. The third-order valence-corrected chi connectivity index (χ3v) is 7.79. The highest BCUT2D eigenvalue weighted by Crippen LogP contribution is 2.54. The zero-order valence-corrected chi connectivity index (χ0v) is 19.6. The van der Waals surface area contributed by atoms with E-state index in [0.29, 0.717) is 39.3 Å². The van der Waals surface area contributed by atoms with E-state index in [0.717, 1.165) is 5.56 Å². The number of amides is 3. The Balaban J connectivity index is 1.54. The Morgan fingerprint density at radius 2 is 1.91 bits per heavy atom. The lowest BCUT2D eigenvalue weighted by atomic mass is 10.1. The molecule has 2 aliphatic rings. The van der Waals surface area contributed by atoms with Gasteiger partial charge in [0, 0.05) is 33.6 Å². The summed E-state index contributed by atoms with van der Waals surface area (Å²) in [5, 5.41) is 3.83. The monoisotopic (exact) mass is 501 g/mol. The van der Waals surface area contributed by atoms with Crippen molar-refractivity contribution in [1.82, 2.24) is 4.90 Å². The molecule has 1 atom stereocenters. The summed E-state index contributed by atoms with van der Waals surface area (Å²) in [4.78, 5) is 28.9. The molecule has 0 bridgehead atoms. The number of urea groups is 1. The van der Waals surface area contributed by atoms with Crippen molar-refractivity contribution in [3.63, 3.8) is 0 Å². The van der Waals surface area contributed by atoms with Crippen LogP contribution in [-0.4, -0.2) is 29.1 Å². The van der Waals surface area contributed by atoms with Gasteiger partial charge in [-0.1, -0.05) is 47.5 Å². The van der Waals surface area contributed by atoms with Crippen LogP contribution in [0, 0.1) is 5.82 Å². The summed E-state index contributed by atoms with van der Waals surface area (Å²) in [5.74, 6) is -0.236. The average Bonchev–Trinajstić information content (AvgIpc) is 3.32. The van der Waals surface area contributed by atoms with Gasteiger partial charge in [0.05, 0.1) is 12.2 Å². The molecule has 1 N–H and O–H groups in total. The number of anilines is 2. The van der Waals surface area contributed by atoms with E-state index in [1.807, 2.05) is 18.2 Å². The quantitative estimate of drug-likeness (QED) is 0.470. The SMILES string of the molecule is O=C(Nc1cccc(Cl)c1)N1CCS[C@]12C(=O)N(Cc1ccccc1Cl)c1ccc(F)cc12. The molecule has 2 aliphatic heterocycles. The summed E-state index contributed by atoms with van der Waals surface area (Å²) >= 11 is 13.7.